The minimum Gasteiger partial charge on any atom is -0.464 e. The lowest BCUT2D eigenvalue weighted by Gasteiger charge is -2.14. The van der Waals surface area contributed by atoms with E-state index in [0.717, 1.165) is 0 Å². The van der Waals surface area contributed by atoms with Crippen LogP contribution in [0.25, 0.3) is 0 Å². The summed E-state index contributed by atoms with van der Waals surface area (Å²) in [5.74, 6) is -0.340. The number of carbonyl (C=O) groups excluding carboxylic acids is 1. The average molecular weight is 253 g/mol. The Bertz CT molecular complexity index is 454. The molecule has 1 unspecified atom stereocenters. The molecular weight excluding hydrogens is 240 g/mol. The second-order valence-corrected chi connectivity index (χ2v) is 3.83. The SMILES string of the molecule is CCOC(=O)C(C)Nc1ccc(C#N)cc1Cl. The van der Waals surface area contributed by atoms with E-state index in [1.807, 2.05) is 6.07 Å². The Morgan fingerprint density at radius 2 is 2.35 bits per heavy atom. The van der Waals surface area contributed by atoms with Crippen molar-refractivity contribution in [2.45, 2.75) is 19.9 Å². The summed E-state index contributed by atoms with van der Waals surface area (Å²) in [4.78, 5) is 11.4. The van der Waals surface area contributed by atoms with Crippen LogP contribution in [0, 0.1) is 11.3 Å². The summed E-state index contributed by atoms with van der Waals surface area (Å²) in [5, 5.41) is 12.0. The zero-order valence-electron chi connectivity index (χ0n) is 9.66. The third-order valence-electron chi connectivity index (χ3n) is 2.11. The molecule has 0 amide bonds. The zero-order chi connectivity index (χ0) is 12.8. The molecule has 0 aliphatic carbocycles. The second kappa shape index (κ2) is 6.12. The number of carbonyl (C=O) groups is 1. The lowest BCUT2D eigenvalue weighted by molar-refractivity contribution is -0.143. The van der Waals surface area contributed by atoms with Crippen LogP contribution in [0.2, 0.25) is 5.02 Å². The number of rotatable bonds is 4. The highest BCUT2D eigenvalue weighted by Gasteiger charge is 2.14. The van der Waals surface area contributed by atoms with Crippen LogP contribution >= 0.6 is 11.6 Å². The fourth-order valence-electron chi connectivity index (χ4n) is 1.26. The second-order valence-electron chi connectivity index (χ2n) is 3.42. The van der Waals surface area contributed by atoms with Crippen molar-refractivity contribution in [3.05, 3.63) is 28.8 Å². The first-order chi connectivity index (χ1) is 8.08. The summed E-state index contributed by atoms with van der Waals surface area (Å²) >= 11 is 5.97. The molecule has 0 saturated carbocycles. The van der Waals surface area contributed by atoms with Gasteiger partial charge in [0.05, 0.1) is 28.9 Å². The number of nitriles is 1. The van der Waals surface area contributed by atoms with Crippen molar-refractivity contribution in [3.63, 3.8) is 0 Å². The van der Waals surface area contributed by atoms with E-state index in [9.17, 15) is 4.79 Å². The van der Waals surface area contributed by atoms with Gasteiger partial charge in [0.15, 0.2) is 0 Å². The molecule has 0 aliphatic heterocycles. The zero-order valence-corrected chi connectivity index (χ0v) is 10.4. The number of halogens is 1. The Labute approximate surface area is 105 Å². The van der Waals surface area contributed by atoms with Crippen LogP contribution in [-0.4, -0.2) is 18.6 Å². The van der Waals surface area contributed by atoms with Crippen LogP contribution in [0.5, 0.6) is 0 Å². The summed E-state index contributed by atoms with van der Waals surface area (Å²) in [5.41, 5.74) is 1.08. The molecule has 0 fully saturated rings. The van der Waals surface area contributed by atoms with E-state index in [1.165, 1.54) is 0 Å². The molecule has 0 aliphatic rings. The summed E-state index contributed by atoms with van der Waals surface area (Å²) in [6, 6.07) is 6.34. The molecule has 1 aromatic rings. The molecule has 5 heteroatoms. The predicted molar refractivity (Wildman–Crippen MR) is 65.9 cm³/mol. The molecule has 1 aromatic carbocycles. The van der Waals surface area contributed by atoms with Gasteiger partial charge >= 0.3 is 5.97 Å². The molecule has 1 atom stereocenters. The smallest absolute Gasteiger partial charge is 0.328 e. The first-order valence-corrected chi connectivity index (χ1v) is 5.59. The van der Waals surface area contributed by atoms with E-state index >= 15 is 0 Å². The predicted octanol–water partition coefficient (Wildman–Crippen LogP) is 2.58. The Morgan fingerprint density at radius 1 is 1.65 bits per heavy atom. The summed E-state index contributed by atoms with van der Waals surface area (Å²) < 4.78 is 4.86. The lowest BCUT2D eigenvalue weighted by Crippen LogP contribution is -2.28. The fraction of sp³-hybridized carbons (Fsp3) is 0.333. The molecule has 0 saturated heterocycles. The molecule has 1 rings (SSSR count). The molecule has 1 N–H and O–H groups in total. The van der Waals surface area contributed by atoms with Gasteiger partial charge < -0.3 is 10.1 Å². The van der Waals surface area contributed by atoms with Crippen LogP contribution in [0.1, 0.15) is 19.4 Å². The number of anilines is 1. The van der Waals surface area contributed by atoms with E-state index in [-0.39, 0.29) is 5.97 Å². The highest BCUT2D eigenvalue weighted by molar-refractivity contribution is 6.33. The Kier molecular flexibility index (Phi) is 4.80. The van der Waals surface area contributed by atoms with Gasteiger partial charge in [-0.25, -0.2) is 4.79 Å². The van der Waals surface area contributed by atoms with Crippen molar-refractivity contribution in [3.8, 4) is 6.07 Å². The highest BCUT2D eigenvalue weighted by Crippen LogP contribution is 2.23. The Hall–Kier alpha value is -1.73. The van der Waals surface area contributed by atoms with Crippen LogP contribution in [0.3, 0.4) is 0 Å². The molecule has 0 aromatic heterocycles. The number of nitrogens with zero attached hydrogens (tertiary/aromatic N) is 1. The third kappa shape index (κ3) is 3.65. The number of esters is 1. The van der Waals surface area contributed by atoms with Crippen molar-refractivity contribution < 1.29 is 9.53 Å². The lowest BCUT2D eigenvalue weighted by atomic mass is 10.2. The van der Waals surface area contributed by atoms with E-state index < -0.39 is 6.04 Å². The molecular formula is C12H13ClN2O2. The maximum absolute atomic E-state index is 11.4. The van der Waals surface area contributed by atoms with Crippen LogP contribution in [0.15, 0.2) is 18.2 Å². The van der Waals surface area contributed by atoms with Crippen LogP contribution < -0.4 is 5.32 Å². The summed E-state index contributed by atoms with van der Waals surface area (Å²) in [7, 11) is 0. The number of hydrogen-bond donors (Lipinski definition) is 1. The molecule has 0 heterocycles. The van der Waals surface area contributed by atoms with Gasteiger partial charge in [0.1, 0.15) is 6.04 Å². The van der Waals surface area contributed by atoms with Gasteiger partial charge in [-0.3, -0.25) is 0 Å². The molecule has 0 radical (unpaired) electrons. The highest BCUT2D eigenvalue weighted by atomic mass is 35.5. The number of nitrogens with one attached hydrogen (secondary N) is 1. The van der Waals surface area contributed by atoms with Crippen LogP contribution in [0.4, 0.5) is 5.69 Å². The first kappa shape index (κ1) is 13.3. The van der Waals surface area contributed by atoms with E-state index in [2.05, 4.69) is 5.32 Å². The van der Waals surface area contributed by atoms with Gasteiger partial charge in [-0.1, -0.05) is 11.6 Å². The molecule has 90 valence electrons. The Balaban J connectivity index is 2.75. The van der Waals surface area contributed by atoms with Crippen molar-refractivity contribution in [2.24, 2.45) is 0 Å². The topological polar surface area (TPSA) is 62.1 Å². The van der Waals surface area contributed by atoms with Crippen molar-refractivity contribution >= 4 is 23.3 Å². The van der Waals surface area contributed by atoms with E-state index in [4.69, 9.17) is 21.6 Å². The third-order valence-corrected chi connectivity index (χ3v) is 2.42. The maximum atomic E-state index is 11.4. The maximum Gasteiger partial charge on any atom is 0.328 e. The van der Waals surface area contributed by atoms with Gasteiger partial charge in [0, 0.05) is 0 Å². The molecule has 0 spiro atoms. The van der Waals surface area contributed by atoms with Crippen molar-refractivity contribution in [2.75, 3.05) is 11.9 Å². The molecule has 4 nitrogen and oxygen atoms in total. The van der Waals surface area contributed by atoms with E-state index in [0.29, 0.717) is 22.9 Å². The molecule has 17 heavy (non-hydrogen) atoms. The normalized spacial score (nSPS) is 11.4. The number of benzene rings is 1. The van der Waals surface area contributed by atoms with Gasteiger partial charge in [0.25, 0.3) is 0 Å². The van der Waals surface area contributed by atoms with Gasteiger partial charge in [-0.05, 0) is 32.0 Å². The summed E-state index contributed by atoms with van der Waals surface area (Å²) in [6.45, 7) is 3.78. The largest absolute Gasteiger partial charge is 0.464 e. The average Bonchev–Trinajstić information content (AvgIpc) is 2.31. The number of ether oxygens (including phenoxy) is 1. The number of hydrogen-bond acceptors (Lipinski definition) is 4. The summed E-state index contributed by atoms with van der Waals surface area (Å²) in [6.07, 6.45) is 0. The monoisotopic (exact) mass is 252 g/mol. The van der Waals surface area contributed by atoms with Crippen LogP contribution in [-0.2, 0) is 9.53 Å². The van der Waals surface area contributed by atoms with Gasteiger partial charge in [0.2, 0.25) is 0 Å². The quantitative estimate of drug-likeness (QED) is 0.837. The minimum atomic E-state index is -0.486. The van der Waals surface area contributed by atoms with Gasteiger partial charge in [-0.15, -0.1) is 0 Å². The fourth-order valence-corrected chi connectivity index (χ4v) is 1.50. The van der Waals surface area contributed by atoms with E-state index in [1.54, 1.807) is 32.0 Å². The first-order valence-electron chi connectivity index (χ1n) is 5.21. The van der Waals surface area contributed by atoms with Crippen molar-refractivity contribution in [1.82, 2.24) is 0 Å². The Morgan fingerprint density at radius 3 is 2.88 bits per heavy atom. The van der Waals surface area contributed by atoms with Crippen molar-refractivity contribution in [1.29, 1.82) is 5.26 Å². The molecule has 0 bridgehead atoms. The van der Waals surface area contributed by atoms with Gasteiger partial charge in [-0.2, -0.15) is 5.26 Å². The standard InChI is InChI=1S/C12H13ClN2O2/c1-3-17-12(16)8(2)15-11-5-4-9(7-14)6-10(11)13/h4-6,8,15H,3H2,1-2H3. The minimum absolute atomic E-state index is 0.339.